The van der Waals surface area contributed by atoms with Gasteiger partial charge in [-0.25, -0.2) is 0 Å². The van der Waals surface area contributed by atoms with Crippen molar-refractivity contribution in [2.75, 3.05) is 5.32 Å². The molecule has 0 saturated heterocycles. The number of aromatic hydroxyl groups is 1. The van der Waals surface area contributed by atoms with Gasteiger partial charge in [0.15, 0.2) is 5.76 Å². The Balaban J connectivity index is 1.72. The number of amides is 1. The van der Waals surface area contributed by atoms with E-state index in [0.29, 0.717) is 17.9 Å². The number of anilines is 1. The molecule has 0 unspecified atom stereocenters. The maximum Gasteiger partial charge on any atom is 0.314 e. The molecule has 33 heavy (non-hydrogen) atoms. The number of benzene rings is 3. The molecule has 0 atom stereocenters. The minimum atomic E-state index is -0.856. The van der Waals surface area contributed by atoms with Gasteiger partial charge in [-0.2, -0.15) is 0 Å². The smallest absolute Gasteiger partial charge is 0.314 e. The molecule has 0 aliphatic rings. The fourth-order valence-corrected chi connectivity index (χ4v) is 3.32. The zero-order valence-electron chi connectivity index (χ0n) is 17.4. The molecule has 3 aromatic carbocycles. The van der Waals surface area contributed by atoms with E-state index in [2.05, 4.69) is 5.32 Å². The van der Waals surface area contributed by atoms with Crippen LogP contribution in [-0.2, 0) is 11.4 Å². The Labute approximate surface area is 187 Å². The number of hydrogen-bond acceptors (Lipinski definition) is 7. The van der Waals surface area contributed by atoms with E-state index in [0.717, 1.165) is 11.6 Å². The predicted molar refractivity (Wildman–Crippen MR) is 121 cm³/mol. The Bertz CT molecular complexity index is 1410. The highest BCUT2D eigenvalue weighted by atomic mass is 16.6. The Morgan fingerprint density at radius 2 is 1.82 bits per heavy atom. The summed E-state index contributed by atoms with van der Waals surface area (Å²) < 4.78 is 11.4. The number of nitro benzene ring substituents is 1. The largest absolute Gasteiger partial charge is 0.502 e. The highest BCUT2D eigenvalue weighted by Gasteiger charge is 2.23. The summed E-state index contributed by atoms with van der Waals surface area (Å²) in [6.45, 7) is 1.59. The Morgan fingerprint density at radius 3 is 2.45 bits per heavy atom. The van der Waals surface area contributed by atoms with Crippen molar-refractivity contribution in [3.63, 3.8) is 0 Å². The first kappa shape index (κ1) is 21.6. The van der Waals surface area contributed by atoms with Crippen molar-refractivity contribution in [1.82, 2.24) is 0 Å². The molecule has 9 heteroatoms. The maximum atomic E-state index is 12.8. The number of ether oxygens (including phenoxy) is 1. The lowest BCUT2D eigenvalue weighted by atomic mass is 10.1. The third kappa shape index (κ3) is 4.52. The molecule has 0 aliphatic heterocycles. The fourth-order valence-electron chi connectivity index (χ4n) is 3.32. The average molecular weight is 446 g/mol. The molecule has 0 fully saturated rings. The third-order valence-corrected chi connectivity index (χ3v) is 4.83. The highest BCUT2D eigenvalue weighted by Crippen LogP contribution is 2.36. The van der Waals surface area contributed by atoms with Crippen molar-refractivity contribution in [3.8, 4) is 22.8 Å². The van der Waals surface area contributed by atoms with Gasteiger partial charge in [0.05, 0.1) is 10.3 Å². The van der Waals surface area contributed by atoms with E-state index in [1.54, 1.807) is 24.3 Å². The molecule has 1 heterocycles. The summed E-state index contributed by atoms with van der Waals surface area (Å²) >= 11 is 0. The normalized spacial score (nSPS) is 10.7. The third-order valence-electron chi connectivity index (χ3n) is 4.83. The fraction of sp³-hybridized carbons (Fsp3) is 0.0833. The number of carbonyl (C=O) groups is 1. The minimum absolute atomic E-state index is 0.0427. The lowest BCUT2D eigenvalue weighted by molar-refractivity contribution is -0.383. The average Bonchev–Trinajstić information content (AvgIpc) is 2.80. The van der Waals surface area contributed by atoms with E-state index in [9.17, 15) is 24.8 Å². The highest BCUT2D eigenvalue weighted by molar-refractivity contribution is 5.96. The second-order valence-corrected chi connectivity index (χ2v) is 7.22. The molecule has 2 N–H and O–H groups in total. The van der Waals surface area contributed by atoms with Crippen molar-refractivity contribution in [2.24, 2.45) is 0 Å². The molecular weight excluding hydrogens is 428 g/mol. The molecule has 0 bridgehead atoms. The number of nitro groups is 1. The number of carbonyl (C=O) groups excluding carboxylic acids is 1. The van der Waals surface area contributed by atoms with Crippen LogP contribution in [0.5, 0.6) is 11.5 Å². The number of fused-ring (bicyclic) bond motifs is 1. The summed E-state index contributed by atoms with van der Waals surface area (Å²) in [5.41, 5.74) is -0.315. The van der Waals surface area contributed by atoms with Crippen LogP contribution in [0.15, 0.2) is 75.9 Å². The summed E-state index contributed by atoms with van der Waals surface area (Å²) in [5.74, 6) is -0.827. The number of non-ortho nitro benzene ring substituents is 1. The van der Waals surface area contributed by atoms with Crippen molar-refractivity contribution in [1.29, 1.82) is 0 Å². The van der Waals surface area contributed by atoms with Gasteiger partial charge in [0.25, 0.3) is 0 Å². The van der Waals surface area contributed by atoms with Gasteiger partial charge in [-0.05, 0) is 35.9 Å². The van der Waals surface area contributed by atoms with E-state index in [1.165, 1.54) is 13.0 Å². The van der Waals surface area contributed by atoms with E-state index < -0.39 is 27.7 Å². The van der Waals surface area contributed by atoms with Crippen LogP contribution in [0.25, 0.3) is 22.3 Å². The molecule has 1 amide bonds. The summed E-state index contributed by atoms with van der Waals surface area (Å²) in [6, 6.07) is 18.3. The molecule has 0 radical (unpaired) electrons. The number of rotatable bonds is 6. The Kier molecular flexibility index (Phi) is 5.77. The second kappa shape index (κ2) is 8.83. The van der Waals surface area contributed by atoms with Crippen molar-refractivity contribution in [3.05, 3.63) is 92.6 Å². The number of hydrogen-bond donors (Lipinski definition) is 2. The van der Waals surface area contributed by atoms with Crippen LogP contribution in [-0.4, -0.2) is 15.9 Å². The molecule has 0 spiro atoms. The van der Waals surface area contributed by atoms with Gasteiger partial charge in [0.2, 0.25) is 22.7 Å². The molecule has 4 aromatic rings. The minimum Gasteiger partial charge on any atom is -0.502 e. The summed E-state index contributed by atoms with van der Waals surface area (Å²) in [4.78, 5) is 35.0. The van der Waals surface area contributed by atoms with Gasteiger partial charge >= 0.3 is 5.69 Å². The Hall–Kier alpha value is -4.66. The number of nitrogens with zero attached hydrogens (tertiary/aromatic N) is 1. The van der Waals surface area contributed by atoms with Crippen LogP contribution in [0.4, 0.5) is 11.4 Å². The standard InChI is InChI=1S/C24H18N2O7/c1-14(27)25-17-11-19-21(28)22(29)23(33-24(19)20(12-17)26(30)31)16-7-9-18(10-8-16)32-13-15-5-3-2-4-6-15/h2-12,29H,13H2,1H3,(H,25,27). The van der Waals surface area contributed by atoms with Gasteiger partial charge in [-0.15, -0.1) is 0 Å². The first-order valence-corrected chi connectivity index (χ1v) is 9.86. The Morgan fingerprint density at radius 1 is 1.12 bits per heavy atom. The van der Waals surface area contributed by atoms with Crippen molar-refractivity contribution >= 4 is 28.3 Å². The van der Waals surface area contributed by atoms with Crippen LogP contribution in [0, 0.1) is 10.1 Å². The van der Waals surface area contributed by atoms with Gasteiger partial charge in [-0.1, -0.05) is 30.3 Å². The van der Waals surface area contributed by atoms with E-state index in [1.807, 2.05) is 30.3 Å². The predicted octanol–water partition coefficient (Wildman–Crippen LogP) is 4.61. The van der Waals surface area contributed by atoms with Crippen LogP contribution >= 0.6 is 0 Å². The molecule has 4 rings (SSSR count). The topological polar surface area (TPSA) is 132 Å². The monoisotopic (exact) mass is 446 g/mol. The molecule has 166 valence electrons. The summed E-state index contributed by atoms with van der Waals surface area (Å²) in [7, 11) is 0. The van der Waals surface area contributed by atoms with E-state index in [4.69, 9.17) is 9.15 Å². The SMILES string of the molecule is CC(=O)Nc1cc([N+](=O)[O-])c2oc(-c3ccc(OCc4ccccc4)cc3)c(O)c(=O)c2c1. The zero-order chi connectivity index (χ0) is 23.5. The van der Waals surface area contributed by atoms with Crippen LogP contribution in [0.3, 0.4) is 0 Å². The molecule has 0 saturated carbocycles. The zero-order valence-corrected chi connectivity index (χ0v) is 17.4. The van der Waals surface area contributed by atoms with Crippen LogP contribution in [0.2, 0.25) is 0 Å². The first-order valence-electron chi connectivity index (χ1n) is 9.86. The summed E-state index contributed by atoms with van der Waals surface area (Å²) in [5, 5.41) is 24.2. The van der Waals surface area contributed by atoms with E-state index >= 15 is 0 Å². The van der Waals surface area contributed by atoms with Gasteiger partial charge in [0.1, 0.15) is 12.4 Å². The molecular formula is C24H18N2O7. The lowest BCUT2D eigenvalue weighted by Crippen LogP contribution is -2.09. The lowest BCUT2D eigenvalue weighted by Gasteiger charge is -2.10. The van der Waals surface area contributed by atoms with Crippen LogP contribution < -0.4 is 15.5 Å². The molecule has 9 nitrogen and oxygen atoms in total. The maximum absolute atomic E-state index is 12.8. The van der Waals surface area contributed by atoms with Crippen molar-refractivity contribution < 1.29 is 24.0 Å². The van der Waals surface area contributed by atoms with Gasteiger partial charge in [-0.3, -0.25) is 19.7 Å². The first-order chi connectivity index (χ1) is 15.8. The summed E-state index contributed by atoms with van der Waals surface area (Å²) in [6.07, 6.45) is 0. The molecule has 1 aromatic heterocycles. The van der Waals surface area contributed by atoms with Gasteiger partial charge in [0, 0.05) is 24.2 Å². The quantitative estimate of drug-likeness (QED) is 0.326. The van der Waals surface area contributed by atoms with Crippen molar-refractivity contribution in [2.45, 2.75) is 13.5 Å². The van der Waals surface area contributed by atoms with Crippen LogP contribution in [0.1, 0.15) is 12.5 Å². The van der Waals surface area contributed by atoms with Gasteiger partial charge < -0.3 is 19.6 Å². The molecule has 0 aliphatic carbocycles. The van der Waals surface area contributed by atoms with E-state index in [-0.39, 0.29) is 22.4 Å². The second-order valence-electron chi connectivity index (χ2n) is 7.22. The number of nitrogens with one attached hydrogen (secondary N) is 1.